The van der Waals surface area contributed by atoms with Crippen molar-refractivity contribution in [2.24, 2.45) is 0 Å². The molecule has 5 heteroatoms. The van der Waals surface area contributed by atoms with Gasteiger partial charge in [0, 0.05) is 30.1 Å². The maximum Gasteiger partial charge on any atom is 0.252 e. The first-order valence-electron chi connectivity index (χ1n) is 12.3. The van der Waals surface area contributed by atoms with Gasteiger partial charge in [-0.1, -0.05) is 31.5 Å². The van der Waals surface area contributed by atoms with Gasteiger partial charge in [0.15, 0.2) is 0 Å². The van der Waals surface area contributed by atoms with Crippen molar-refractivity contribution in [2.75, 3.05) is 26.2 Å². The highest BCUT2D eigenvalue weighted by molar-refractivity contribution is 6.07. The minimum atomic E-state index is -0.0357. The molecule has 1 unspecified atom stereocenters. The van der Waals surface area contributed by atoms with Crippen LogP contribution in [-0.2, 0) is 0 Å². The first-order valence-corrected chi connectivity index (χ1v) is 12.3. The lowest BCUT2D eigenvalue weighted by Gasteiger charge is -2.35. The fraction of sp³-hybridized carbons (Fsp3) is 0.429. The van der Waals surface area contributed by atoms with E-state index in [-0.39, 0.29) is 5.91 Å². The molecule has 1 fully saturated rings. The highest BCUT2D eigenvalue weighted by Crippen LogP contribution is 2.26. The molecule has 1 aliphatic heterocycles. The molecule has 1 aromatic heterocycles. The Morgan fingerprint density at radius 1 is 1.12 bits per heavy atom. The van der Waals surface area contributed by atoms with Crippen molar-refractivity contribution in [1.29, 1.82) is 0 Å². The van der Waals surface area contributed by atoms with Gasteiger partial charge in [-0.25, -0.2) is 4.98 Å². The maximum absolute atomic E-state index is 13.2. The number of ether oxygens (including phenoxy) is 1. The van der Waals surface area contributed by atoms with Gasteiger partial charge in [-0.2, -0.15) is 0 Å². The van der Waals surface area contributed by atoms with E-state index in [2.05, 4.69) is 17.1 Å². The van der Waals surface area contributed by atoms with Gasteiger partial charge in [0.1, 0.15) is 5.75 Å². The first-order chi connectivity index (χ1) is 16.2. The second kappa shape index (κ2) is 11.3. The van der Waals surface area contributed by atoms with Crippen LogP contribution >= 0.6 is 0 Å². The summed E-state index contributed by atoms with van der Waals surface area (Å²) in [5, 5.41) is 4.04. The van der Waals surface area contributed by atoms with Crippen LogP contribution in [0.1, 0.15) is 56.3 Å². The summed E-state index contributed by atoms with van der Waals surface area (Å²) >= 11 is 0. The Balaban J connectivity index is 1.47. The predicted molar refractivity (Wildman–Crippen MR) is 135 cm³/mol. The van der Waals surface area contributed by atoms with Crippen LogP contribution in [0.25, 0.3) is 22.2 Å². The Morgan fingerprint density at radius 2 is 1.94 bits per heavy atom. The molecule has 0 radical (unpaired) electrons. The number of hydrogen-bond donors (Lipinski definition) is 1. The molecule has 0 saturated carbocycles. The topological polar surface area (TPSA) is 54.5 Å². The zero-order valence-corrected chi connectivity index (χ0v) is 19.8. The number of aromatic nitrogens is 1. The second-order valence-corrected chi connectivity index (χ2v) is 8.73. The lowest BCUT2D eigenvalue weighted by atomic mass is 10.00. The van der Waals surface area contributed by atoms with Crippen molar-refractivity contribution < 1.29 is 9.53 Å². The van der Waals surface area contributed by atoms with Crippen molar-refractivity contribution in [3.63, 3.8) is 0 Å². The van der Waals surface area contributed by atoms with Crippen molar-refractivity contribution in [2.45, 2.75) is 52.0 Å². The summed E-state index contributed by atoms with van der Waals surface area (Å²) in [6.45, 7) is 7.80. The van der Waals surface area contributed by atoms with Crippen LogP contribution in [-0.4, -0.2) is 48.1 Å². The molecular weight excluding hydrogens is 410 g/mol. The molecule has 2 heterocycles. The predicted octanol–water partition coefficient (Wildman–Crippen LogP) is 5.68. The van der Waals surface area contributed by atoms with Gasteiger partial charge in [0.2, 0.25) is 0 Å². The second-order valence-electron chi connectivity index (χ2n) is 8.73. The van der Waals surface area contributed by atoms with Gasteiger partial charge in [-0.15, -0.1) is 0 Å². The monoisotopic (exact) mass is 445 g/mol. The van der Waals surface area contributed by atoms with Crippen molar-refractivity contribution in [3.8, 4) is 17.0 Å². The largest absolute Gasteiger partial charge is 0.494 e. The third kappa shape index (κ3) is 5.72. The zero-order valence-electron chi connectivity index (χ0n) is 19.8. The maximum atomic E-state index is 13.2. The third-order valence-corrected chi connectivity index (χ3v) is 6.55. The van der Waals surface area contributed by atoms with Crippen LogP contribution in [0.4, 0.5) is 0 Å². The first kappa shape index (κ1) is 23.2. The molecule has 2 aromatic carbocycles. The number of hydrogen-bond acceptors (Lipinski definition) is 4. The van der Waals surface area contributed by atoms with E-state index in [9.17, 15) is 4.79 Å². The summed E-state index contributed by atoms with van der Waals surface area (Å²) in [6.07, 6.45) is 6.12. The van der Waals surface area contributed by atoms with E-state index < -0.39 is 0 Å². The molecule has 0 bridgehead atoms. The van der Waals surface area contributed by atoms with E-state index in [0.717, 1.165) is 40.9 Å². The van der Waals surface area contributed by atoms with Crippen LogP contribution in [0, 0.1) is 0 Å². The highest BCUT2D eigenvalue weighted by Gasteiger charge is 2.20. The average molecular weight is 446 g/mol. The minimum Gasteiger partial charge on any atom is -0.494 e. The number of likely N-dealkylation sites (tertiary alicyclic amines) is 1. The molecule has 1 saturated heterocycles. The lowest BCUT2D eigenvalue weighted by Crippen LogP contribution is -2.40. The molecule has 3 aromatic rings. The van der Waals surface area contributed by atoms with Crippen LogP contribution in [0.2, 0.25) is 0 Å². The number of amides is 1. The number of carbonyl (C=O) groups excluding carboxylic acids is 1. The smallest absolute Gasteiger partial charge is 0.252 e. The van der Waals surface area contributed by atoms with Gasteiger partial charge in [0.25, 0.3) is 5.91 Å². The van der Waals surface area contributed by atoms with E-state index in [1.165, 1.54) is 32.2 Å². The number of piperidine rings is 1. The number of nitrogens with one attached hydrogen (secondary N) is 1. The normalized spacial score (nSPS) is 16.6. The summed E-state index contributed by atoms with van der Waals surface area (Å²) in [5.41, 5.74) is 3.26. The summed E-state index contributed by atoms with van der Waals surface area (Å²) in [7, 11) is 0. The fourth-order valence-corrected chi connectivity index (χ4v) is 4.80. The van der Waals surface area contributed by atoms with Gasteiger partial charge >= 0.3 is 0 Å². The minimum absolute atomic E-state index is 0.0357. The molecular formula is C28H35N3O2. The van der Waals surface area contributed by atoms with Gasteiger partial charge in [-0.3, -0.25) is 4.79 Å². The SMILES string of the molecule is CCOc1ccc(-c2cc(C(=O)NCCCN3CCCCC3CC)c3ccccc3n2)cc1. The van der Waals surface area contributed by atoms with Crippen molar-refractivity contribution in [1.82, 2.24) is 15.2 Å². The van der Waals surface area contributed by atoms with Crippen LogP contribution in [0.15, 0.2) is 54.6 Å². The molecule has 1 N–H and O–H groups in total. The number of fused-ring (bicyclic) bond motifs is 1. The Morgan fingerprint density at radius 3 is 2.73 bits per heavy atom. The number of carbonyl (C=O) groups is 1. The molecule has 0 spiro atoms. The van der Waals surface area contributed by atoms with E-state index in [1.807, 2.05) is 61.5 Å². The van der Waals surface area contributed by atoms with E-state index >= 15 is 0 Å². The third-order valence-electron chi connectivity index (χ3n) is 6.55. The van der Waals surface area contributed by atoms with E-state index in [0.29, 0.717) is 24.8 Å². The standard InChI is InChI=1S/C28H35N3O2/c1-3-22-10-7-8-18-31(22)19-9-17-29-28(32)25-20-27(30-26-12-6-5-11-24(25)26)21-13-15-23(16-14-21)33-4-2/h5-6,11-16,20,22H,3-4,7-10,17-19H2,1-2H3,(H,29,32). The molecule has 5 nitrogen and oxygen atoms in total. The number of benzene rings is 2. The van der Waals surface area contributed by atoms with E-state index in [4.69, 9.17) is 9.72 Å². The van der Waals surface area contributed by atoms with Gasteiger partial charge < -0.3 is 15.0 Å². The van der Waals surface area contributed by atoms with E-state index in [1.54, 1.807) is 0 Å². The Hall–Kier alpha value is -2.92. The van der Waals surface area contributed by atoms with Crippen LogP contribution in [0.5, 0.6) is 5.75 Å². The molecule has 4 rings (SSSR count). The number of para-hydroxylation sites is 1. The Kier molecular flexibility index (Phi) is 7.95. The molecule has 1 atom stereocenters. The molecule has 1 aliphatic rings. The van der Waals surface area contributed by atoms with Gasteiger partial charge in [-0.05, 0) is 75.5 Å². The molecule has 174 valence electrons. The summed E-state index contributed by atoms with van der Waals surface area (Å²) in [4.78, 5) is 20.6. The summed E-state index contributed by atoms with van der Waals surface area (Å²) < 4.78 is 5.55. The van der Waals surface area contributed by atoms with Crippen LogP contribution in [0.3, 0.4) is 0 Å². The molecule has 33 heavy (non-hydrogen) atoms. The zero-order chi connectivity index (χ0) is 23.0. The number of nitrogens with zero attached hydrogens (tertiary/aromatic N) is 2. The van der Waals surface area contributed by atoms with Crippen LogP contribution < -0.4 is 10.1 Å². The van der Waals surface area contributed by atoms with Crippen molar-refractivity contribution in [3.05, 3.63) is 60.2 Å². The summed E-state index contributed by atoms with van der Waals surface area (Å²) in [6, 6.07) is 18.3. The van der Waals surface area contributed by atoms with Crippen molar-refractivity contribution >= 4 is 16.8 Å². The Bertz CT molecular complexity index is 1060. The number of rotatable bonds is 9. The Labute approximate surface area is 197 Å². The fourth-order valence-electron chi connectivity index (χ4n) is 4.80. The average Bonchev–Trinajstić information content (AvgIpc) is 2.86. The van der Waals surface area contributed by atoms with Gasteiger partial charge in [0.05, 0.1) is 23.4 Å². The number of pyridine rings is 1. The summed E-state index contributed by atoms with van der Waals surface area (Å²) in [5.74, 6) is 0.797. The molecule has 1 amide bonds. The molecule has 0 aliphatic carbocycles. The quantitative estimate of drug-likeness (QED) is 0.430. The lowest BCUT2D eigenvalue weighted by molar-refractivity contribution is 0.0949. The highest BCUT2D eigenvalue weighted by atomic mass is 16.5.